The van der Waals surface area contributed by atoms with Crippen molar-refractivity contribution in [3.05, 3.63) is 34.3 Å². The summed E-state index contributed by atoms with van der Waals surface area (Å²) in [5.74, 6) is -0.530. The zero-order valence-electron chi connectivity index (χ0n) is 23.7. The van der Waals surface area contributed by atoms with Gasteiger partial charge in [-0.2, -0.15) is 0 Å². The summed E-state index contributed by atoms with van der Waals surface area (Å²) in [7, 11) is 3.87. The lowest BCUT2D eigenvalue weighted by molar-refractivity contribution is -0.141. The van der Waals surface area contributed by atoms with Crippen molar-refractivity contribution < 1.29 is 19.2 Å². The molecule has 1 heterocycles. The third-order valence-corrected chi connectivity index (χ3v) is 11.0. The van der Waals surface area contributed by atoms with E-state index in [1.165, 1.54) is 12.2 Å². The highest BCUT2D eigenvalue weighted by molar-refractivity contribution is 9.10. The number of carbonyl (C=O) groups excluding carboxylic acids is 4. The number of hydrogen-bond acceptors (Lipinski definition) is 6. The molecule has 1 aliphatic heterocycles. The Morgan fingerprint density at radius 2 is 1.68 bits per heavy atom. The van der Waals surface area contributed by atoms with Crippen LogP contribution in [0.2, 0.25) is 0 Å². The van der Waals surface area contributed by atoms with Gasteiger partial charge in [0, 0.05) is 34.4 Å². The zero-order valence-corrected chi connectivity index (χ0v) is 26.9. The van der Waals surface area contributed by atoms with E-state index >= 15 is 0 Å². The van der Waals surface area contributed by atoms with Crippen LogP contribution in [0.5, 0.6) is 0 Å². The van der Waals surface area contributed by atoms with Crippen LogP contribution in [-0.4, -0.2) is 52.6 Å². The van der Waals surface area contributed by atoms with Gasteiger partial charge in [0.2, 0.25) is 17.6 Å². The van der Waals surface area contributed by atoms with Gasteiger partial charge in [-0.05, 0) is 62.1 Å². The van der Waals surface area contributed by atoms with Gasteiger partial charge in [-0.25, -0.2) is 0 Å². The maximum atomic E-state index is 13.5. The van der Waals surface area contributed by atoms with Crippen LogP contribution < -0.4 is 16.0 Å². The molecule has 0 spiro atoms. The predicted molar refractivity (Wildman–Crippen MR) is 168 cm³/mol. The van der Waals surface area contributed by atoms with Crippen LogP contribution in [0.3, 0.4) is 0 Å². The molecule has 7 nitrogen and oxygen atoms in total. The summed E-state index contributed by atoms with van der Waals surface area (Å²) < 4.78 is 0.902. The number of nitrogens with one attached hydrogen (secondary N) is 3. The second kappa shape index (κ2) is 17.4. The Kier molecular flexibility index (Phi) is 14.4. The Bertz CT molecular complexity index is 980. The van der Waals surface area contributed by atoms with Crippen LogP contribution in [0, 0.1) is 5.92 Å². The highest BCUT2D eigenvalue weighted by Gasteiger charge is 2.32. The molecule has 2 unspecified atom stereocenters. The quantitative estimate of drug-likeness (QED) is 0.127. The molecular weight excluding hydrogens is 610 g/mol. The van der Waals surface area contributed by atoms with Crippen molar-refractivity contribution in [1.82, 2.24) is 16.0 Å². The van der Waals surface area contributed by atoms with Gasteiger partial charge in [-0.1, -0.05) is 89.2 Å². The Hall–Kier alpha value is -1.52. The van der Waals surface area contributed by atoms with Crippen molar-refractivity contribution in [2.24, 2.45) is 5.92 Å². The third kappa shape index (κ3) is 11.8. The minimum Gasteiger partial charge on any atom is -0.347 e. The Labute approximate surface area is 255 Å². The Morgan fingerprint density at radius 3 is 2.33 bits per heavy atom. The number of hydrogen-bond donors (Lipinski definition) is 3. The second-order valence-electron chi connectivity index (χ2n) is 11.4. The van der Waals surface area contributed by atoms with E-state index < -0.39 is 29.7 Å². The lowest BCUT2D eigenvalue weighted by atomic mass is 9.94. The maximum Gasteiger partial charge on any atom is 0.289 e. The molecule has 2 aliphatic rings. The van der Waals surface area contributed by atoms with Crippen LogP contribution in [0.4, 0.5) is 0 Å². The molecule has 2 fully saturated rings. The summed E-state index contributed by atoms with van der Waals surface area (Å²) >= 11 is 3.42. The molecule has 0 radical (unpaired) electrons. The van der Waals surface area contributed by atoms with Gasteiger partial charge in [-0.3, -0.25) is 19.2 Å². The van der Waals surface area contributed by atoms with Gasteiger partial charge in [0.05, 0.1) is 0 Å². The lowest BCUT2D eigenvalue weighted by Gasteiger charge is -2.26. The second-order valence-corrected chi connectivity index (χ2v) is 15.1. The number of halogens is 1. The minimum absolute atomic E-state index is 0.00627. The molecule has 3 amide bonds. The predicted octanol–water partition coefficient (Wildman–Crippen LogP) is 5.74. The Balaban J connectivity index is 1.62. The van der Waals surface area contributed by atoms with Gasteiger partial charge in [-0.15, -0.1) is 0 Å². The van der Waals surface area contributed by atoms with Crippen molar-refractivity contribution >= 4 is 61.0 Å². The van der Waals surface area contributed by atoms with Crippen LogP contribution in [0.15, 0.2) is 28.7 Å². The molecule has 1 saturated heterocycles. The largest absolute Gasteiger partial charge is 0.347 e. The van der Waals surface area contributed by atoms with Crippen molar-refractivity contribution in [2.45, 2.75) is 114 Å². The molecule has 1 aromatic rings. The van der Waals surface area contributed by atoms with E-state index in [0.717, 1.165) is 61.4 Å². The molecule has 10 heteroatoms. The molecule has 40 heavy (non-hydrogen) atoms. The van der Waals surface area contributed by atoms with Gasteiger partial charge in [0.1, 0.15) is 12.1 Å². The molecule has 3 rings (SSSR count). The summed E-state index contributed by atoms with van der Waals surface area (Å²) in [6, 6.07) is 5.67. The molecule has 222 valence electrons. The molecule has 1 aromatic carbocycles. The van der Waals surface area contributed by atoms with E-state index in [1.54, 1.807) is 0 Å². The Morgan fingerprint density at radius 1 is 0.950 bits per heavy atom. The average molecular weight is 655 g/mol. The fourth-order valence-electron chi connectivity index (χ4n) is 5.19. The van der Waals surface area contributed by atoms with Gasteiger partial charge in [0.25, 0.3) is 5.91 Å². The summed E-state index contributed by atoms with van der Waals surface area (Å²) in [6.07, 6.45) is 10.1. The maximum absolute atomic E-state index is 13.5. The van der Waals surface area contributed by atoms with Crippen molar-refractivity contribution in [2.75, 3.05) is 5.75 Å². The smallest absolute Gasteiger partial charge is 0.289 e. The first-order valence-electron chi connectivity index (χ1n) is 14.7. The summed E-state index contributed by atoms with van der Waals surface area (Å²) in [6.45, 7) is 3.98. The lowest BCUT2D eigenvalue weighted by Crippen LogP contribution is -2.55. The molecule has 0 bridgehead atoms. The highest BCUT2D eigenvalue weighted by Crippen LogP contribution is 2.39. The number of carbonyl (C=O) groups is 4. The molecule has 3 atom stereocenters. The number of amides is 3. The monoisotopic (exact) mass is 653 g/mol. The first kappa shape index (κ1) is 33.0. The number of benzene rings is 1. The molecular formula is C30H44BrN3O4S2. The molecule has 0 aromatic heterocycles. The minimum atomic E-state index is -1.02. The fraction of sp³-hybridized carbons (Fsp3) is 0.667. The number of rotatable bonds is 15. The van der Waals surface area contributed by atoms with Crippen LogP contribution in [-0.2, 0) is 25.6 Å². The first-order valence-corrected chi connectivity index (χ1v) is 17.9. The fourth-order valence-corrected chi connectivity index (χ4v) is 8.48. The number of unbranched alkanes of at least 4 members (excludes halogenated alkanes) is 1. The van der Waals surface area contributed by atoms with E-state index in [0.29, 0.717) is 18.1 Å². The normalized spacial score (nSPS) is 19.1. The van der Waals surface area contributed by atoms with Crippen molar-refractivity contribution in [3.63, 3.8) is 0 Å². The van der Waals surface area contributed by atoms with Crippen LogP contribution in [0.1, 0.15) is 90.0 Å². The standard InChI is InChI=1S/C30H44BrN3O4S2/c1-20(2)18-26(33-27(35)11-7-6-10-24-16-17-39-40-24)29(37)34-25(19-21-12-14-22(31)15-13-21)28(36)30(38)32-23-8-4-3-5-9-23/h12-15,20,23-26H,3-11,16-19H2,1-2H3,(H,32,38)(H,33,35)(H,34,37)/t24?,25?,26-/m0/s1. The molecule has 3 N–H and O–H groups in total. The number of Topliss-reactive ketones (excluding diaryl/α,β-unsaturated/α-hetero) is 1. The van der Waals surface area contributed by atoms with Gasteiger partial charge < -0.3 is 16.0 Å². The molecule has 1 saturated carbocycles. The van der Waals surface area contributed by atoms with Crippen molar-refractivity contribution in [1.29, 1.82) is 0 Å². The van der Waals surface area contributed by atoms with Crippen LogP contribution >= 0.6 is 37.5 Å². The number of ketones is 1. The van der Waals surface area contributed by atoms with Gasteiger partial charge in [0.15, 0.2) is 0 Å². The average Bonchev–Trinajstić information content (AvgIpc) is 3.45. The van der Waals surface area contributed by atoms with E-state index in [2.05, 4.69) is 31.9 Å². The van der Waals surface area contributed by atoms with Gasteiger partial charge >= 0.3 is 0 Å². The van der Waals surface area contributed by atoms with E-state index in [4.69, 9.17) is 0 Å². The van der Waals surface area contributed by atoms with Crippen LogP contribution in [0.25, 0.3) is 0 Å². The summed E-state index contributed by atoms with van der Waals surface area (Å²) in [5, 5.41) is 9.31. The van der Waals surface area contributed by atoms with E-state index in [-0.39, 0.29) is 24.3 Å². The zero-order chi connectivity index (χ0) is 28.9. The van der Waals surface area contributed by atoms with Crippen molar-refractivity contribution in [3.8, 4) is 0 Å². The first-order chi connectivity index (χ1) is 19.2. The topological polar surface area (TPSA) is 104 Å². The third-order valence-electron chi connectivity index (χ3n) is 7.42. The van der Waals surface area contributed by atoms with E-state index in [1.807, 2.05) is 59.7 Å². The summed E-state index contributed by atoms with van der Waals surface area (Å²) in [4.78, 5) is 52.5. The summed E-state index contributed by atoms with van der Waals surface area (Å²) in [5.41, 5.74) is 0.829. The highest BCUT2D eigenvalue weighted by atomic mass is 79.9. The van der Waals surface area contributed by atoms with E-state index in [9.17, 15) is 19.2 Å². The SMILES string of the molecule is CC(C)C[C@H](NC(=O)CCCCC1CCSS1)C(=O)NC(Cc1ccc(Br)cc1)C(=O)C(=O)NC1CCCCC1. The molecule has 1 aliphatic carbocycles.